The molecule has 2 N–H and O–H groups in total. The van der Waals surface area contributed by atoms with Gasteiger partial charge < -0.3 is 10.2 Å². The molecule has 0 radical (unpaired) electrons. The van der Waals surface area contributed by atoms with Crippen molar-refractivity contribution in [2.45, 2.75) is 52.4 Å². The molecular weight excluding hydrogens is 212 g/mol. The lowest BCUT2D eigenvalue weighted by molar-refractivity contribution is 0.359. The fourth-order valence-electron chi connectivity index (χ4n) is 3.02. The quantitative estimate of drug-likeness (QED) is 0.720. The fourth-order valence-corrected chi connectivity index (χ4v) is 3.02. The molecule has 0 amide bonds. The zero-order valence-corrected chi connectivity index (χ0v) is 11.1. The monoisotopic (exact) mass is 234 g/mol. The number of hydrogen-bond acceptors (Lipinski definition) is 2. The van der Waals surface area contributed by atoms with E-state index in [9.17, 15) is 10.2 Å². The summed E-state index contributed by atoms with van der Waals surface area (Å²) in [6.45, 7) is 8.41. The summed E-state index contributed by atoms with van der Waals surface area (Å²) < 4.78 is 0. The highest BCUT2D eigenvalue weighted by atomic mass is 16.3. The summed E-state index contributed by atoms with van der Waals surface area (Å²) in [5.74, 6) is 1.51. The maximum absolute atomic E-state index is 10.2. The van der Waals surface area contributed by atoms with Crippen molar-refractivity contribution in [3.8, 4) is 11.5 Å². The highest BCUT2D eigenvalue weighted by Crippen LogP contribution is 2.49. The maximum atomic E-state index is 10.2. The molecule has 0 unspecified atom stereocenters. The van der Waals surface area contributed by atoms with Gasteiger partial charge in [-0.15, -0.1) is 0 Å². The first kappa shape index (κ1) is 12.3. The highest BCUT2D eigenvalue weighted by Gasteiger charge is 2.31. The Labute approximate surface area is 103 Å². The number of rotatable bonds is 1. The molecule has 0 heterocycles. The van der Waals surface area contributed by atoms with Crippen LogP contribution in [-0.4, -0.2) is 10.2 Å². The molecule has 2 heteroatoms. The number of aryl methyl sites for hydroxylation is 1. The van der Waals surface area contributed by atoms with Crippen LogP contribution in [-0.2, 0) is 0 Å². The fraction of sp³-hybridized carbons (Fsp3) is 0.600. The normalized spacial score (nSPS) is 23.8. The van der Waals surface area contributed by atoms with Crippen LogP contribution in [0.2, 0.25) is 0 Å². The Hall–Kier alpha value is -1.18. The lowest BCUT2D eigenvalue weighted by atomic mass is 9.72. The number of phenols is 2. The minimum Gasteiger partial charge on any atom is -0.504 e. The summed E-state index contributed by atoms with van der Waals surface area (Å²) >= 11 is 0. The third-order valence-electron chi connectivity index (χ3n) is 4.15. The van der Waals surface area contributed by atoms with E-state index < -0.39 is 0 Å². The summed E-state index contributed by atoms with van der Waals surface area (Å²) in [5.41, 5.74) is 2.99. The van der Waals surface area contributed by atoms with Gasteiger partial charge in [-0.25, -0.2) is 0 Å². The smallest absolute Gasteiger partial charge is 0.161 e. The molecule has 1 aromatic carbocycles. The van der Waals surface area contributed by atoms with Gasteiger partial charge >= 0.3 is 0 Å². The minimum atomic E-state index is 0.0588. The first-order chi connectivity index (χ1) is 7.93. The summed E-state index contributed by atoms with van der Waals surface area (Å²) in [6.07, 6.45) is 2.27. The predicted molar refractivity (Wildman–Crippen MR) is 69.7 cm³/mol. The van der Waals surface area contributed by atoms with Crippen LogP contribution < -0.4 is 0 Å². The van der Waals surface area contributed by atoms with Crippen molar-refractivity contribution in [1.82, 2.24) is 0 Å². The van der Waals surface area contributed by atoms with Gasteiger partial charge in [0.15, 0.2) is 11.5 Å². The standard InChI is InChI=1S/C15H22O2/c1-8(2)11-6-5-9(3)12-7-10(4)14(16)15(17)13(11)12/h7-9,11,16-17H,5-6H2,1-4H3/t9-,11+/m1/s1. The van der Waals surface area contributed by atoms with Crippen molar-refractivity contribution in [2.24, 2.45) is 5.92 Å². The predicted octanol–water partition coefficient (Wildman–Crippen LogP) is 4.04. The molecule has 0 saturated carbocycles. The molecule has 0 aromatic heterocycles. The van der Waals surface area contributed by atoms with E-state index in [0.717, 1.165) is 17.5 Å². The molecule has 94 valence electrons. The Bertz CT molecular complexity index is 435. The van der Waals surface area contributed by atoms with Crippen LogP contribution in [0.15, 0.2) is 6.07 Å². The van der Waals surface area contributed by atoms with Crippen molar-refractivity contribution in [3.63, 3.8) is 0 Å². The van der Waals surface area contributed by atoms with Crippen molar-refractivity contribution in [3.05, 3.63) is 22.8 Å². The van der Waals surface area contributed by atoms with E-state index in [4.69, 9.17) is 0 Å². The van der Waals surface area contributed by atoms with Gasteiger partial charge in [-0.3, -0.25) is 0 Å². The summed E-state index contributed by atoms with van der Waals surface area (Å²) in [7, 11) is 0. The lowest BCUT2D eigenvalue weighted by Gasteiger charge is -2.33. The molecule has 0 bridgehead atoms. The molecule has 1 aliphatic rings. The molecule has 2 atom stereocenters. The molecule has 1 aromatic rings. The Morgan fingerprint density at radius 1 is 1.18 bits per heavy atom. The maximum Gasteiger partial charge on any atom is 0.161 e. The van der Waals surface area contributed by atoms with Crippen LogP contribution >= 0.6 is 0 Å². The number of aromatic hydroxyl groups is 2. The second kappa shape index (κ2) is 4.25. The average molecular weight is 234 g/mol. The van der Waals surface area contributed by atoms with Gasteiger partial charge in [-0.2, -0.15) is 0 Å². The van der Waals surface area contributed by atoms with Crippen molar-refractivity contribution in [2.75, 3.05) is 0 Å². The van der Waals surface area contributed by atoms with Crippen LogP contribution in [0.3, 0.4) is 0 Å². The largest absolute Gasteiger partial charge is 0.504 e. The van der Waals surface area contributed by atoms with Crippen LogP contribution in [0.1, 0.15) is 62.1 Å². The lowest BCUT2D eigenvalue weighted by Crippen LogP contribution is -2.17. The second-order valence-corrected chi connectivity index (χ2v) is 5.72. The van der Waals surface area contributed by atoms with E-state index in [1.165, 1.54) is 12.0 Å². The average Bonchev–Trinajstić information content (AvgIpc) is 2.27. The number of phenolic OH excluding ortho intramolecular Hbond substituents is 2. The summed E-state index contributed by atoms with van der Waals surface area (Å²) in [5, 5.41) is 20.1. The summed E-state index contributed by atoms with van der Waals surface area (Å²) in [4.78, 5) is 0. The van der Waals surface area contributed by atoms with E-state index in [0.29, 0.717) is 17.8 Å². The van der Waals surface area contributed by atoms with Crippen molar-refractivity contribution in [1.29, 1.82) is 0 Å². The number of fused-ring (bicyclic) bond motifs is 1. The number of hydrogen-bond donors (Lipinski definition) is 2. The van der Waals surface area contributed by atoms with Crippen LogP contribution in [0.5, 0.6) is 11.5 Å². The van der Waals surface area contributed by atoms with Gasteiger partial charge in [-0.05, 0) is 48.6 Å². The molecule has 1 aliphatic carbocycles. The molecule has 2 rings (SSSR count). The molecular formula is C15H22O2. The Kier molecular flexibility index (Phi) is 3.07. The molecule has 17 heavy (non-hydrogen) atoms. The van der Waals surface area contributed by atoms with E-state index in [1.54, 1.807) is 0 Å². The number of benzene rings is 1. The Balaban J connectivity index is 2.64. The van der Waals surface area contributed by atoms with Gasteiger partial charge in [0, 0.05) is 5.56 Å². The Morgan fingerprint density at radius 3 is 2.41 bits per heavy atom. The van der Waals surface area contributed by atoms with Gasteiger partial charge in [0.05, 0.1) is 0 Å². The van der Waals surface area contributed by atoms with Crippen molar-refractivity contribution < 1.29 is 10.2 Å². The molecule has 0 aliphatic heterocycles. The second-order valence-electron chi connectivity index (χ2n) is 5.72. The van der Waals surface area contributed by atoms with Crippen LogP contribution in [0, 0.1) is 12.8 Å². The third-order valence-corrected chi connectivity index (χ3v) is 4.15. The van der Waals surface area contributed by atoms with Gasteiger partial charge in [0.1, 0.15) is 0 Å². The topological polar surface area (TPSA) is 40.5 Å². The molecule has 0 spiro atoms. The summed E-state index contributed by atoms with van der Waals surface area (Å²) in [6, 6.07) is 2.05. The van der Waals surface area contributed by atoms with E-state index in [-0.39, 0.29) is 11.5 Å². The first-order valence-electron chi connectivity index (χ1n) is 6.48. The van der Waals surface area contributed by atoms with Crippen LogP contribution in [0.25, 0.3) is 0 Å². The molecule has 0 saturated heterocycles. The van der Waals surface area contributed by atoms with Crippen molar-refractivity contribution >= 4 is 0 Å². The van der Waals surface area contributed by atoms with Crippen LogP contribution in [0.4, 0.5) is 0 Å². The minimum absolute atomic E-state index is 0.0588. The van der Waals surface area contributed by atoms with Gasteiger partial charge in [0.2, 0.25) is 0 Å². The van der Waals surface area contributed by atoms with Gasteiger partial charge in [-0.1, -0.05) is 26.8 Å². The van der Waals surface area contributed by atoms with E-state index in [2.05, 4.69) is 20.8 Å². The van der Waals surface area contributed by atoms with E-state index >= 15 is 0 Å². The third kappa shape index (κ3) is 1.90. The highest BCUT2D eigenvalue weighted by molar-refractivity contribution is 5.56. The van der Waals surface area contributed by atoms with E-state index in [1.807, 2.05) is 13.0 Å². The molecule has 2 nitrogen and oxygen atoms in total. The Morgan fingerprint density at radius 2 is 1.82 bits per heavy atom. The van der Waals surface area contributed by atoms with Gasteiger partial charge in [0.25, 0.3) is 0 Å². The molecule has 0 fully saturated rings. The zero-order valence-electron chi connectivity index (χ0n) is 11.1. The SMILES string of the molecule is Cc1cc2c(c(O)c1O)[C@H](C(C)C)CC[C@H]2C. The first-order valence-corrected chi connectivity index (χ1v) is 6.48. The zero-order chi connectivity index (χ0) is 12.7.